The van der Waals surface area contributed by atoms with E-state index in [0.717, 1.165) is 50.8 Å². The minimum absolute atomic E-state index is 0.297. The van der Waals surface area contributed by atoms with E-state index in [9.17, 15) is 0 Å². The van der Waals surface area contributed by atoms with Gasteiger partial charge in [0.2, 0.25) is 5.95 Å². The lowest BCUT2D eigenvalue weighted by Gasteiger charge is -2.39. The smallest absolute Gasteiger partial charge is 0.225 e. The number of piperazine rings is 1. The number of hydrogen-bond acceptors (Lipinski definition) is 7. The summed E-state index contributed by atoms with van der Waals surface area (Å²) in [6.07, 6.45) is 12.2. The Kier molecular flexibility index (Phi) is 5.91. The second-order valence-electron chi connectivity index (χ2n) is 7.65. The Morgan fingerprint density at radius 1 is 1.04 bits per heavy atom. The van der Waals surface area contributed by atoms with Gasteiger partial charge in [-0.15, -0.1) is 5.10 Å². The van der Waals surface area contributed by atoms with Gasteiger partial charge in [0, 0.05) is 38.6 Å². The van der Waals surface area contributed by atoms with Crippen molar-refractivity contribution >= 4 is 5.95 Å². The van der Waals surface area contributed by atoms with Crippen LogP contribution in [0, 0.1) is 0 Å². The van der Waals surface area contributed by atoms with Crippen LogP contribution < -0.4 is 4.90 Å². The Hall–Kier alpha value is -2.09. The molecule has 1 aliphatic carbocycles. The molecule has 146 valence electrons. The van der Waals surface area contributed by atoms with E-state index in [1.807, 2.05) is 18.5 Å². The van der Waals surface area contributed by atoms with Gasteiger partial charge in [-0.2, -0.15) is 0 Å². The molecule has 2 fully saturated rings. The third-order valence-corrected chi connectivity index (χ3v) is 5.89. The average Bonchev–Trinajstić information content (AvgIpc) is 3.23. The van der Waals surface area contributed by atoms with Gasteiger partial charge in [0.25, 0.3) is 0 Å². The molecule has 1 saturated heterocycles. The first-order valence-corrected chi connectivity index (χ1v) is 10.4. The van der Waals surface area contributed by atoms with Gasteiger partial charge in [-0.3, -0.25) is 4.90 Å². The highest BCUT2D eigenvalue weighted by Gasteiger charge is 2.31. The van der Waals surface area contributed by atoms with Crippen molar-refractivity contribution in [3.63, 3.8) is 0 Å². The van der Waals surface area contributed by atoms with Crippen LogP contribution in [-0.2, 0) is 0 Å². The third-order valence-electron chi connectivity index (χ3n) is 5.89. The highest BCUT2D eigenvalue weighted by molar-refractivity contribution is 5.29. The van der Waals surface area contributed by atoms with Crippen molar-refractivity contribution in [1.29, 1.82) is 0 Å². The SMILES string of the molecule is CCC[C@@H](c1nnnn1C1CCCCC1)N1CCN(c2ncccn2)CC1. The van der Waals surface area contributed by atoms with Crippen LogP contribution in [0.2, 0.25) is 0 Å². The van der Waals surface area contributed by atoms with Crippen LogP contribution in [0.25, 0.3) is 0 Å². The van der Waals surface area contributed by atoms with Gasteiger partial charge in [0.15, 0.2) is 5.82 Å². The highest BCUT2D eigenvalue weighted by Crippen LogP contribution is 2.32. The van der Waals surface area contributed by atoms with E-state index in [0.29, 0.717) is 12.1 Å². The molecule has 0 bridgehead atoms. The highest BCUT2D eigenvalue weighted by atomic mass is 15.6. The molecule has 0 unspecified atom stereocenters. The fourth-order valence-electron chi connectivity index (χ4n) is 4.44. The van der Waals surface area contributed by atoms with Crippen LogP contribution in [0.15, 0.2) is 18.5 Å². The summed E-state index contributed by atoms with van der Waals surface area (Å²) in [6.45, 7) is 6.10. The summed E-state index contributed by atoms with van der Waals surface area (Å²) in [5, 5.41) is 12.9. The molecular weight excluding hydrogens is 340 g/mol. The van der Waals surface area contributed by atoms with Gasteiger partial charge in [-0.25, -0.2) is 14.6 Å². The van der Waals surface area contributed by atoms with Crippen molar-refractivity contribution in [3.8, 4) is 0 Å². The standard InChI is InChI=1S/C19H30N8/c1-2-7-17(18-22-23-24-27(18)16-8-4-3-5-9-16)25-12-14-26(15-13-25)19-20-10-6-11-21-19/h6,10-11,16-17H,2-5,7-9,12-15H2,1H3/t17-/m0/s1. The zero-order chi connectivity index (χ0) is 18.5. The van der Waals surface area contributed by atoms with Crippen LogP contribution in [-0.4, -0.2) is 61.3 Å². The fourth-order valence-corrected chi connectivity index (χ4v) is 4.44. The number of rotatable bonds is 6. The topological polar surface area (TPSA) is 75.9 Å². The summed E-state index contributed by atoms with van der Waals surface area (Å²) in [6, 6.07) is 2.63. The minimum atomic E-state index is 0.297. The molecule has 27 heavy (non-hydrogen) atoms. The lowest BCUT2D eigenvalue weighted by Crippen LogP contribution is -2.48. The largest absolute Gasteiger partial charge is 0.338 e. The zero-order valence-electron chi connectivity index (χ0n) is 16.2. The Morgan fingerprint density at radius 3 is 2.48 bits per heavy atom. The Bertz CT molecular complexity index is 689. The first-order valence-electron chi connectivity index (χ1n) is 10.4. The molecule has 0 spiro atoms. The molecule has 1 aliphatic heterocycles. The first-order chi connectivity index (χ1) is 13.4. The summed E-state index contributed by atoms with van der Waals surface area (Å²) in [7, 11) is 0. The summed E-state index contributed by atoms with van der Waals surface area (Å²) >= 11 is 0. The van der Waals surface area contributed by atoms with Crippen LogP contribution in [0.4, 0.5) is 5.95 Å². The molecule has 0 N–H and O–H groups in total. The number of anilines is 1. The number of tetrazole rings is 1. The van der Waals surface area contributed by atoms with E-state index in [2.05, 4.69) is 46.9 Å². The maximum Gasteiger partial charge on any atom is 0.225 e. The first kappa shape index (κ1) is 18.3. The molecule has 2 aromatic heterocycles. The number of nitrogens with zero attached hydrogens (tertiary/aromatic N) is 8. The predicted octanol–water partition coefficient (Wildman–Crippen LogP) is 2.63. The second kappa shape index (κ2) is 8.73. The number of aromatic nitrogens is 6. The van der Waals surface area contributed by atoms with Crippen LogP contribution in [0.3, 0.4) is 0 Å². The lowest BCUT2D eigenvalue weighted by molar-refractivity contribution is 0.158. The molecule has 3 heterocycles. The summed E-state index contributed by atoms with van der Waals surface area (Å²) in [5.74, 6) is 1.89. The fraction of sp³-hybridized carbons (Fsp3) is 0.737. The van der Waals surface area contributed by atoms with Crippen molar-refractivity contribution in [2.24, 2.45) is 0 Å². The van der Waals surface area contributed by atoms with Gasteiger partial charge < -0.3 is 4.90 Å². The van der Waals surface area contributed by atoms with Crippen LogP contribution in [0.5, 0.6) is 0 Å². The quantitative estimate of drug-likeness (QED) is 0.773. The van der Waals surface area contributed by atoms with Crippen molar-refractivity contribution in [3.05, 3.63) is 24.3 Å². The minimum Gasteiger partial charge on any atom is -0.338 e. The van der Waals surface area contributed by atoms with Gasteiger partial charge >= 0.3 is 0 Å². The van der Waals surface area contributed by atoms with E-state index in [1.165, 1.54) is 32.1 Å². The molecule has 8 nitrogen and oxygen atoms in total. The summed E-state index contributed by atoms with van der Waals surface area (Å²) in [5.41, 5.74) is 0. The third kappa shape index (κ3) is 4.10. The van der Waals surface area contributed by atoms with Crippen LogP contribution in [0.1, 0.15) is 69.8 Å². The summed E-state index contributed by atoms with van der Waals surface area (Å²) in [4.78, 5) is 13.6. The van der Waals surface area contributed by atoms with Gasteiger partial charge in [0.05, 0.1) is 12.1 Å². The van der Waals surface area contributed by atoms with Crippen molar-refractivity contribution < 1.29 is 0 Å². The van der Waals surface area contributed by atoms with Gasteiger partial charge in [-0.05, 0) is 35.8 Å². The van der Waals surface area contributed by atoms with Crippen molar-refractivity contribution in [2.45, 2.75) is 64.0 Å². The Morgan fingerprint density at radius 2 is 1.78 bits per heavy atom. The molecule has 2 aliphatic rings. The molecule has 4 rings (SSSR count). The Balaban J connectivity index is 1.47. The number of hydrogen-bond donors (Lipinski definition) is 0. The average molecular weight is 371 g/mol. The van der Waals surface area contributed by atoms with Crippen LogP contribution >= 0.6 is 0 Å². The zero-order valence-corrected chi connectivity index (χ0v) is 16.2. The second-order valence-corrected chi connectivity index (χ2v) is 7.65. The van der Waals surface area contributed by atoms with Gasteiger partial charge in [-0.1, -0.05) is 32.6 Å². The van der Waals surface area contributed by atoms with Gasteiger partial charge in [0.1, 0.15) is 0 Å². The van der Waals surface area contributed by atoms with E-state index in [4.69, 9.17) is 0 Å². The van der Waals surface area contributed by atoms with E-state index in [-0.39, 0.29) is 0 Å². The van der Waals surface area contributed by atoms with E-state index >= 15 is 0 Å². The van der Waals surface area contributed by atoms with E-state index in [1.54, 1.807) is 0 Å². The molecular formula is C19H30N8. The summed E-state index contributed by atoms with van der Waals surface area (Å²) < 4.78 is 2.15. The lowest BCUT2D eigenvalue weighted by atomic mass is 9.95. The van der Waals surface area contributed by atoms with E-state index < -0.39 is 0 Å². The molecule has 2 aromatic rings. The molecule has 0 radical (unpaired) electrons. The monoisotopic (exact) mass is 370 g/mol. The molecule has 0 aromatic carbocycles. The van der Waals surface area contributed by atoms with Crippen molar-refractivity contribution in [1.82, 2.24) is 35.1 Å². The van der Waals surface area contributed by atoms with Crippen molar-refractivity contribution in [2.75, 3.05) is 31.1 Å². The maximum atomic E-state index is 4.48. The normalized spacial score (nSPS) is 20.7. The molecule has 1 atom stereocenters. The predicted molar refractivity (Wildman–Crippen MR) is 103 cm³/mol. The molecule has 8 heteroatoms. The Labute approximate surface area is 161 Å². The maximum absolute atomic E-state index is 4.48. The molecule has 0 amide bonds. The molecule has 1 saturated carbocycles.